The highest BCUT2D eigenvalue weighted by atomic mass is 19.3. The molecular weight excluding hydrogens is 269 g/mol. The quantitative estimate of drug-likeness (QED) is 0.923. The van der Waals surface area contributed by atoms with E-state index in [1.54, 1.807) is 19.1 Å². The predicted molar refractivity (Wildman–Crippen MR) is 68.3 cm³/mol. The largest absolute Gasteiger partial charge is 0.435 e. The number of alkyl halides is 2. The molecule has 0 radical (unpaired) electrons. The molecule has 0 spiro atoms. The fraction of sp³-hybridized carbons (Fsp3) is 0.200. The van der Waals surface area contributed by atoms with E-state index >= 15 is 0 Å². The number of ether oxygens (including phenoxy) is 1. The smallest absolute Gasteiger partial charge is 0.387 e. The lowest BCUT2D eigenvalue weighted by Gasteiger charge is -2.13. The Labute approximate surface area is 114 Å². The minimum Gasteiger partial charge on any atom is -0.435 e. The summed E-state index contributed by atoms with van der Waals surface area (Å²) in [5.74, 6) is -0.398. The third kappa shape index (κ3) is 3.30. The van der Waals surface area contributed by atoms with Gasteiger partial charge in [-0.15, -0.1) is 0 Å². The highest BCUT2D eigenvalue weighted by Crippen LogP contribution is 2.25. The number of halogens is 3. The third-order valence-corrected chi connectivity index (χ3v) is 2.93. The van der Waals surface area contributed by atoms with Crippen LogP contribution in [0, 0.1) is 12.7 Å². The van der Waals surface area contributed by atoms with Crippen LogP contribution in [-0.2, 0) is 0 Å². The average Bonchev–Trinajstić information content (AvgIpc) is 2.41. The molecule has 2 nitrogen and oxygen atoms in total. The van der Waals surface area contributed by atoms with Crippen molar-refractivity contribution in [3.8, 4) is 5.75 Å². The number of benzene rings is 2. The van der Waals surface area contributed by atoms with Crippen molar-refractivity contribution in [3.63, 3.8) is 0 Å². The van der Waals surface area contributed by atoms with Gasteiger partial charge in [-0.2, -0.15) is 8.78 Å². The van der Waals surface area contributed by atoms with Crippen molar-refractivity contribution in [1.82, 2.24) is 0 Å². The average molecular weight is 282 g/mol. The molecular formula is C15H13F3O2. The van der Waals surface area contributed by atoms with Crippen LogP contribution in [0.25, 0.3) is 0 Å². The Morgan fingerprint density at radius 1 is 1.00 bits per heavy atom. The van der Waals surface area contributed by atoms with Crippen LogP contribution >= 0.6 is 0 Å². The van der Waals surface area contributed by atoms with Crippen LogP contribution in [0.1, 0.15) is 22.8 Å². The maximum absolute atomic E-state index is 13.4. The fourth-order valence-electron chi connectivity index (χ4n) is 1.80. The molecule has 0 amide bonds. The number of aliphatic hydroxyl groups is 1. The highest BCUT2D eigenvalue weighted by Gasteiger charge is 2.13. The van der Waals surface area contributed by atoms with Gasteiger partial charge >= 0.3 is 6.61 Å². The van der Waals surface area contributed by atoms with Gasteiger partial charge in [-0.3, -0.25) is 0 Å². The van der Waals surface area contributed by atoms with Crippen LogP contribution in [0.3, 0.4) is 0 Å². The van der Waals surface area contributed by atoms with Crippen molar-refractivity contribution in [3.05, 3.63) is 65.0 Å². The molecule has 0 fully saturated rings. The van der Waals surface area contributed by atoms with E-state index in [0.29, 0.717) is 16.7 Å². The molecule has 0 aromatic heterocycles. The minimum absolute atomic E-state index is 0.00559. The first kappa shape index (κ1) is 14.4. The monoisotopic (exact) mass is 282 g/mol. The van der Waals surface area contributed by atoms with E-state index in [1.807, 2.05) is 0 Å². The minimum atomic E-state index is -2.89. The molecule has 1 atom stereocenters. The van der Waals surface area contributed by atoms with Crippen molar-refractivity contribution in [2.45, 2.75) is 19.6 Å². The number of aliphatic hydroxyl groups excluding tert-OH is 1. The van der Waals surface area contributed by atoms with Gasteiger partial charge in [0, 0.05) is 0 Å². The van der Waals surface area contributed by atoms with Gasteiger partial charge in [-0.1, -0.05) is 24.3 Å². The van der Waals surface area contributed by atoms with Crippen LogP contribution in [0.2, 0.25) is 0 Å². The summed E-state index contributed by atoms with van der Waals surface area (Å²) >= 11 is 0. The zero-order valence-corrected chi connectivity index (χ0v) is 10.7. The normalized spacial score (nSPS) is 12.5. The number of hydrogen-bond acceptors (Lipinski definition) is 2. The molecule has 0 saturated carbocycles. The Hall–Kier alpha value is -2.01. The van der Waals surface area contributed by atoms with E-state index in [-0.39, 0.29) is 5.75 Å². The molecule has 2 aromatic rings. The summed E-state index contributed by atoms with van der Waals surface area (Å²) in [4.78, 5) is 0. The zero-order chi connectivity index (χ0) is 14.7. The van der Waals surface area contributed by atoms with Gasteiger partial charge in [-0.05, 0) is 41.8 Å². The Morgan fingerprint density at radius 3 is 2.15 bits per heavy atom. The van der Waals surface area contributed by atoms with Gasteiger partial charge in [0.25, 0.3) is 0 Å². The Balaban J connectivity index is 2.20. The van der Waals surface area contributed by atoms with Gasteiger partial charge in [0.1, 0.15) is 17.7 Å². The predicted octanol–water partition coefficient (Wildman–Crippen LogP) is 3.82. The molecule has 5 heteroatoms. The molecule has 2 rings (SSSR count). The van der Waals surface area contributed by atoms with Crippen LogP contribution < -0.4 is 4.74 Å². The standard InChI is InChI=1S/C15H13F3O2/c1-9-2-3-11(8-13(9)16)14(19)10-4-6-12(7-5-10)20-15(17)18/h2-8,14-15,19H,1H3. The Bertz CT molecular complexity index is 582. The molecule has 0 aliphatic rings. The maximum Gasteiger partial charge on any atom is 0.387 e. The summed E-state index contributed by atoms with van der Waals surface area (Å²) in [6, 6.07) is 10.0. The Kier molecular flexibility index (Phi) is 4.29. The van der Waals surface area contributed by atoms with Crippen LogP contribution in [0.4, 0.5) is 13.2 Å². The summed E-state index contributed by atoms with van der Waals surface area (Å²) in [5, 5.41) is 10.1. The summed E-state index contributed by atoms with van der Waals surface area (Å²) < 4.78 is 41.7. The second kappa shape index (κ2) is 5.96. The SMILES string of the molecule is Cc1ccc(C(O)c2ccc(OC(F)F)cc2)cc1F. The van der Waals surface area contributed by atoms with E-state index in [0.717, 1.165) is 0 Å². The lowest BCUT2D eigenvalue weighted by molar-refractivity contribution is -0.0498. The molecule has 0 aliphatic carbocycles. The topological polar surface area (TPSA) is 29.5 Å². The molecule has 1 N–H and O–H groups in total. The lowest BCUT2D eigenvalue weighted by Crippen LogP contribution is -2.03. The third-order valence-electron chi connectivity index (χ3n) is 2.93. The molecule has 2 aromatic carbocycles. The molecule has 0 aliphatic heterocycles. The second-order valence-electron chi connectivity index (χ2n) is 4.36. The molecule has 1 unspecified atom stereocenters. The Morgan fingerprint density at radius 2 is 1.60 bits per heavy atom. The highest BCUT2D eigenvalue weighted by molar-refractivity contribution is 5.35. The fourth-order valence-corrected chi connectivity index (χ4v) is 1.80. The van der Waals surface area contributed by atoms with Crippen molar-refractivity contribution in [1.29, 1.82) is 0 Å². The van der Waals surface area contributed by atoms with E-state index < -0.39 is 18.5 Å². The van der Waals surface area contributed by atoms with Crippen molar-refractivity contribution < 1.29 is 23.0 Å². The number of aryl methyl sites for hydroxylation is 1. The molecule has 0 heterocycles. The van der Waals surface area contributed by atoms with E-state index in [4.69, 9.17) is 0 Å². The van der Waals surface area contributed by atoms with E-state index in [9.17, 15) is 18.3 Å². The molecule has 106 valence electrons. The van der Waals surface area contributed by atoms with Gasteiger partial charge in [0.05, 0.1) is 0 Å². The first-order chi connectivity index (χ1) is 9.47. The summed E-state index contributed by atoms with van der Waals surface area (Å²) in [6.45, 7) is -1.26. The van der Waals surface area contributed by atoms with E-state index in [1.165, 1.54) is 30.3 Å². The summed E-state index contributed by atoms with van der Waals surface area (Å²) in [7, 11) is 0. The van der Waals surface area contributed by atoms with Crippen molar-refractivity contribution >= 4 is 0 Å². The van der Waals surface area contributed by atoms with E-state index in [2.05, 4.69) is 4.74 Å². The maximum atomic E-state index is 13.4. The van der Waals surface area contributed by atoms with Gasteiger partial charge in [0.2, 0.25) is 0 Å². The van der Waals surface area contributed by atoms with Gasteiger partial charge in [0.15, 0.2) is 0 Å². The first-order valence-corrected chi connectivity index (χ1v) is 5.96. The molecule has 20 heavy (non-hydrogen) atoms. The van der Waals surface area contributed by atoms with Crippen molar-refractivity contribution in [2.24, 2.45) is 0 Å². The van der Waals surface area contributed by atoms with Gasteiger partial charge < -0.3 is 9.84 Å². The zero-order valence-electron chi connectivity index (χ0n) is 10.7. The lowest BCUT2D eigenvalue weighted by atomic mass is 10.0. The number of rotatable bonds is 4. The van der Waals surface area contributed by atoms with Gasteiger partial charge in [-0.25, -0.2) is 4.39 Å². The first-order valence-electron chi connectivity index (χ1n) is 5.96. The molecule has 0 bridgehead atoms. The van der Waals surface area contributed by atoms with Crippen LogP contribution in [-0.4, -0.2) is 11.7 Å². The van der Waals surface area contributed by atoms with Crippen LogP contribution in [0.15, 0.2) is 42.5 Å². The number of hydrogen-bond donors (Lipinski definition) is 1. The molecule has 0 saturated heterocycles. The summed E-state index contributed by atoms with van der Waals surface area (Å²) in [6.07, 6.45) is -1.02. The van der Waals surface area contributed by atoms with Crippen molar-refractivity contribution in [2.75, 3.05) is 0 Å². The summed E-state index contributed by atoms with van der Waals surface area (Å²) in [5.41, 5.74) is 1.35. The van der Waals surface area contributed by atoms with Crippen LogP contribution in [0.5, 0.6) is 5.75 Å². The second-order valence-corrected chi connectivity index (χ2v) is 4.36.